The number of ether oxygens (including phenoxy) is 1. The van der Waals surface area contributed by atoms with Crippen molar-refractivity contribution in [1.82, 2.24) is 9.80 Å². The van der Waals surface area contributed by atoms with E-state index >= 15 is 0 Å². The van der Waals surface area contributed by atoms with Gasteiger partial charge in [-0.05, 0) is 36.4 Å². The lowest BCUT2D eigenvalue weighted by Crippen LogP contribution is -2.50. The van der Waals surface area contributed by atoms with E-state index in [0.29, 0.717) is 36.8 Å². The number of carbonyl (C=O) groups is 2. The first-order chi connectivity index (χ1) is 13.0. The van der Waals surface area contributed by atoms with E-state index in [1.54, 1.807) is 35.2 Å². The van der Waals surface area contributed by atoms with Crippen LogP contribution in [0.1, 0.15) is 20.7 Å². The molecule has 0 unspecified atom stereocenters. The largest absolute Gasteiger partial charge is 0.434 e. The normalized spacial score (nSPS) is 14.4. The fourth-order valence-electron chi connectivity index (χ4n) is 2.90. The summed E-state index contributed by atoms with van der Waals surface area (Å²) < 4.78 is 29.5. The van der Waals surface area contributed by atoms with Crippen LogP contribution in [0.5, 0.6) is 5.75 Å². The van der Waals surface area contributed by atoms with Crippen molar-refractivity contribution in [2.45, 2.75) is 6.61 Å². The molecular formula is C19H17ClF2N2O3. The monoisotopic (exact) mass is 394 g/mol. The van der Waals surface area contributed by atoms with E-state index in [4.69, 9.17) is 11.6 Å². The maximum atomic E-state index is 12.7. The Kier molecular flexibility index (Phi) is 5.91. The summed E-state index contributed by atoms with van der Waals surface area (Å²) >= 11 is 5.83. The lowest BCUT2D eigenvalue weighted by atomic mass is 10.1. The highest BCUT2D eigenvalue weighted by molar-refractivity contribution is 6.30. The number of halogens is 3. The van der Waals surface area contributed by atoms with Crippen LogP contribution in [0.4, 0.5) is 8.78 Å². The van der Waals surface area contributed by atoms with Gasteiger partial charge in [0.05, 0.1) is 5.56 Å². The van der Waals surface area contributed by atoms with Crippen LogP contribution < -0.4 is 4.74 Å². The molecule has 2 aromatic carbocycles. The zero-order chi connectivity index (χ0) is 19.4. The van der Waals surface area contributed by atoms with Gasteiger partial charge >= 0.3 is 6.61 Å². The second-order valence-electron chi connectivity index (χ2n) is 5.97. The maximum Gasteiger partial charge on any atom is 0.387 e. The molecule has 0 atom stereocenters. The Morgan fingerprint density at radius 2 is 1.44 bits per heavy atom. The van der Waals surface area contributed by atoms with Crippen molar-refractivity contribution in [2.75, 3.05) is 26.2 Å². The minimum atomic E-state index is -3.01. The predicted molar refractivity (Wildman–Crippen MR) is 96.3 cm³/mol. The number of carbonyl (C=O) groups excluding carboxylic acids is 2. The molecular weight excluding hydrogens is 378 g/mol. The average molecular weight is 395 g/mol. The maximum absolute atomic E-state index is 12.7. The Bertz CT molecular complexity index is 822. The highest BCUT2D eigenvalue weighted by Crippen LogP contribution is 2.23. The van der Waals surface area contributed by atoms with Gasteiger partial charge in [0, 0.05) is 36.8 Å². The minimum absolute atomic E-state index is 0.0790. The SMILES string of the molecule is O=C(c1ccc(Cl)cc1)N1CCN(C(=O)c2ccccc2OC(F)F)CC1. The number of alkyl halides is 2. The Morgan fingerprint density at radius 3 is 2.04 bits per heavy atom. The Labute approximate surface area is 160 Å². The molecule has 0 saturated carbocycles. The van der Waals surface area contributed by atoms with Crippen LogP contribution in [-0.4, -0.2) is 54.4 Å². The number of amides is 2. The van der Waals surface area contributed by atoms with Gasteiger partial charge in [0.15, 0.2) is 0 Å². The van der Waals surface area contributed by atoms with Gasteiger partial charge in [-0.25, -0.2) is 0 Å². The third-order valence-electron chi connectivity index (χ3n) is 4.28. The topological polar surface area (TPSA) is 49.9 Å². The number of hydrogen-bond acceptors (Lipinski definition) is 3. The molecule has 142 valence electrons. The van der Waals surface area contributed by atoms with Gasteiger partial charge in [-0.3, -0.25) is 9.59 Å². The van der Waals surface area contributed by atoms with Crippen LogP contribution in [0.25, 0.3) is 0 Å². The molecule has 27 heavy (non-hydrogen) atoms. The van der Waals surface area contributed by atoms with E-state index in [1.165, 1.54) is 23.1 Å². The van der Waals surface area contributed by atoms with Crippen LogP contribution >= 0.6 is 11.6 Å². The Morgan fingerprint density at radius 1 is 0.889 bits per heavy atom. The quantitative estimate of drug-likeness (QED) is 0.797. The molecule has 1 aliphatic rings. The van der Waals surface area contributed by atoms with Crippen molar-refractivity contribution in [3.63, 3.8) is 0 Å². The van der Waals surface area contributed by atoms with Gasteiger partial charge in [0.25, 0.3) is 11.8 Å². The second kappa shape index (κ2) is 8.35. The van der Waals surface area contributed by atoms with Crippen molar-refractivity contribution in [3.8, 4) is 5.75 Å². The molecule has 0 spiro atoms. The van der Waals surface area contributed by atoms with Crippen molar-refractivity contribution in [3.05, 3.63) is 64.7 Å². The van der Waals surface area contributed by atoms with Crippen molar-refractivity contribution >= 4 is 23.4 Å². The van der Waals surface area contributed by atoms with Crippen LogP contribution in [-0.2, 0) is 0 Å². The summed E-state index contributed by atoms with van der Waals surface area (Å²) in [5, 5.41) is 0.548. The van der Waals surface area contributed by atoms with Crippen LogP contribution in [0.15, 0.2) is 48.5 Å². The van der Waals surface area contributed by atoms with E-state index < -0.39 is 12.5 Å². The summed E-state index contributed by atoms with van der Waals surface area (Å²) in [5.74, 6) is -0.692. The zero-order valence-electron chi connectivity index (χ0n) is 14.3. The summed E-state index contributed by atoms with van der Waals surface area (Å²) in [7, 11) is 0. The standard InChI is InChI=1S/C19H17ClF2N2O3/c20-14-7-5-13(6-8-14)17(25)23-9-11-24(12-10-23)18(26)15-3-1-2-4-16(15)27-19(21)22/h1-8,19H,9-12H2. The number of benzene rings is 2. The van der Waals surface area contributed by atoms with Crippen LogP contribution in [0.2, 0.25) is 5.02 Å². The fourth-order valence-corrected chi connectivity index (χ4v) is 3.03. The number of nitrogens with zero attached hydrogens (tertiary/aromatic N) is 2. The first-order valence-electron chi connectivity index (χ1n) is 8.33. The molecule has 1 fully saturated rings. The predicted octanol–water partition coefficient (Wildman–Crippen LogP) is 3.54. The number of piperazine rings is 1. The fraction of sp³-hybridized carbons (Fsp3) is 0.263. The molecule has 1 saturated heterocycles. The smallest absolute Gasteiger partial charge is 0.387 e. The summed E-state index contributed by atoms with van der Waals surface area (Å²) in [6.07, 6.45) is 0. The molecule has 2 amide bonds. The Hall–Kier alpha value is -2.67. The highest BCUT2D eigenvalue weighted by Gasteiger charge is 2.27. The minimum Gasteiger partial charge on any atom is -0.434 e. The van der Waals surface area contributed by atoms with Crippen LogP contribution in [0.3, 0.4) is 0 Å². The zero-order valence-corrected chi connectivity index (χ0v) is 15.0. The molecule has 1 heterocycles. The number of para-hydroxylation sites is 1. The van der Waals surface area contributed by atoms with E-state index in [0.717, 1.165) is 0 Å². The molecule has 0 aliphatic carbocycles. The molecule has 5 nitrogen and oxygen atoms in total. The third kappa shape index (κ3) is 4.54. The molecule has 3 rings (SSSR count). The van der Waals surface area contributed by atoms with Gasteiger partial charge in [0.2, 0.25) is 0 Å². The lowest BCUT2D eigenvalue weighted by Gasteiger charge is -2.35. The van der Waals surface area contributed by atoms with Crippen molar-refractivity contribution < 1.29 is 23.1 Å². The first kappa shape index (κ1) is 19.1. The lowest BCUT2D eigenvalue weighted by molar-refractivity contribution is -0.0503. The highest BCUT2D eigenvalue weighted by atomic mass is 35.5. The summed E-state index contributed by atoms with van der Waals surface area (Å²) in [6, 6.07) is 12.5. The molecule has 0 radical (unpaired) electrons. The van der Waals surface area contributed by atoms with Gasteiger partial charge in [-0.1, -0.05) is 23.7 Å². The first-order valence-corrected chi connectivity index (χ1v) is 8.71. The van der Waals surface area contributed by atoms with Gasteiger partial charge < -0.3 is 14.5 Å². The summed E-state index contributed by atoms with van der Waals surface area (Å²) in [6.45, 7) is -1.69. The van der Waals surface area contributed by atoms with E-state index in [1.807, 2.05) is 0 Å². The molecule has 0 N–H and O–H groups in total. The Balaban J connectivity index is 1.64. The van der Waals surface area contributed by atoms with Gasteiger partial charge in [0.1, 0.15) is 5.75 Å². The van der Waals surface area contributed by atoms with E-state index in [2.05, 4.69) is 4.74 Å². The van der Waals surface area contributed by atoms with Gasteiger partial charge in [-0.2, -0.15) is 8.78 Å². The molecule has 8 heteroatoms. The van der Waals surface area contributed by atoms with E-state index in [-0.39, 0.29) is 17.2 Å². The van der Waals surface area contributed by atoms with Crippen molar-refractivity contribution in [1.29, 1.82) is 0 Å². The number of hydrogen-bond donors (Lipinski definition) is 0. The molecule has 0 aromatic heterocycles. The van der Waals surface area contributed by atoms with Crippen LogP contribution in [0, 0.1) is 0 Å². The molecule has 0 bridgehead atoms. The summed E-state index contributed by atoms with van der Waals surface area (Å²) in [5.41, 5.74) is 0.602. The van der Waals surface area contributed by atoms with Crippen molar-refractivity contribution in [2.24, 2.45) is 0 Å². The third-order valence-corrected chi connectivity index (χ3v) is 4.53. The average Bonchev–Trinajstić information content (AvgIpc) is 2.68. The van der Waals surface area contributed by atoms with E-state index in [9.17, 15) is 18.4 Å². The summed E-state index contributed by atoms with van der Waals surface area (Å²) in [4.78, 5) is 28.4. The molecule has 2 aromatic rings. The second-order valence-corrected chi connectivity index (χ2v) is 6.40. The number of rotatable bonds is 4. The molecule has 1 aliphatic heterocycles. The van der Waals surface area contributed by atoms with Gasteiger partial charge in [-0.15, -0.1) is 0 Å².